The molecule has 1 N–H and O–H groups in total. The number of hydrogen-bond donors (Lipinski definition) is 1. The Kier molecular flexibility index (Phi) is 3.85. The van der Waals surface area contributed by atoms with E-state index in [0.29, 0.717) is 12.1 Å². The lowest BCUT2D eigenvalue weighted by Crippen LogP contribution is -2.19. The van der Waals surface area contributed by atoms with Gasteiger partial charge in [-0.1, -0.05) is 17.3 Å². The molecule has 0 amide bonds. The first kappa shape index (κ1) is 14.6. The molecule has 114 valence electrons. The van der Waals surface area contributed by atoms with Gasteiger partial charge in [-0.05, 0) is 30.7 Å². The van der Waals surface area contributed by atoms with E-state index in [2.05, 4.69) is 15.6 Å². The first-order chi connectivity index (χ1) is 10.5. The van der Waals surface area contributed by atoms with E-state index in [9.17, 15) is 8.78 Å². The zero-order chi connectivity index (χ0) is 15.7. The second-order valence-corrected chi connectivity index (χ2v) is 5.30. The average Bonchev–Trinajstić information content (AvgIpc) is 2.86. The number of rotatable bonds is 4. The van der Waals surface area contributed by atoms with Gasteiger partial charge in [0.2, 0.25) is 0 Å². The molecule has 6 heteroatoms. The highest BCUT2D eigenvalue weighted by atomic mass is 19.1. The molecule has 3 rings (SSSR count). The van der Waals surface area contributed by atoms with E-state index >= 15 is 0 Å². The molecule has 0 saturated heterocycles. The number of nitrogens with zero attached hydrogens (tertiary/aromatic N) is 3. The Morgan fingerprint density at radius 3 is 2.77 bits per heavy atom. The van der Waals surface area contributed by atoms with Crippen LogP contribution >= 0.6 is 0 Å². The van der Waals surface area contributed by atoms with Crippen molar-refractivity contribution >= 4 is 11.0 Å². The Morgan fingerprint density at radius 1 is 1.18 bits per heavy atom. The summed E-state index contributed by atoms with van der Waals surface area (Å²) in [4.78, 5) is 0. The van der Waals surface area contributed by atoms with E-state index in [0.717, 1.165) is 22.7 Å². The molecule has 22 heavy (non-hydrogen) atoms. The summed E-state index contributed by atoms with van der Waals surface area (Å²) in [7, 11) is 1.84. The van der Waals surface area contributed by atoms with Gasteiger partial charge in [0.15, 0.2) is 0 Å². The van der Waals surface area contributed by atoms with Gasteiger partial charge in [0, 0.05) is 31.3 Å². The maximum atomic E-state index is 13.7. The van der Waals surface area contributed by atoms with Crippen LogP contribution in [0.4, 0.5) is 8.78 Å². The molecule has 2 aromatic carbocycles. The maximum Gasteiger partial charge on any atom is 0.130 e. The van der Waals surface area contributed by atoms with Crippen molar-refractivity contribution in [3.05, 3.63) is 59.2 Å². The molecule has 0 aliphatic carbocycles. The highest BCUT2D eigenvalue weighted by molar-refractivity contribution is 5.74. The van der Waals surface area contributed by atoms with Gasteiger partial charge < -0.3 is 5.32 Å². The minimum Gasteiger partial charge on any atom is -0.306 e. The lowest BCUT2D eigenvalue weighted by molar-refractivity contribution is 0.518. The van der Waals surface area contributed by atoms with Crippen LogP contribution in [-0.4, -0.2) is 15.0 Å². The van der Waals surface area contributed by atoms with Crippen LogP contribution in [0.25, 0.3) is 11.0 Å². The van der Waals surface area contributed by atoms with Gasteiger partial charge in [0.1, 0.15) is 17.2 Å². The molecule has 3 aromatic rings. The fourth-order valence-electron chi connectivity index (χ4n) is 2.43. The molecule has 0 saturated carbocycles. The molecule has 0 fully saturated rings. The number of fused-ring (bicyclic) bond motifs is 1. The van der Waals surface area contributed by atoms with Crippen molar-refractivity contribution in [3.63, 3.8) is 0 Å². The molecular formula is C16H16F2N4. The summed E-state index contributed by atoms with van der Waals surface area (Å²) in [6, 6.07) is 9.29. The summed E-state index contributed by atoms with van der Waals surface area (Å²) in [5.74, 6) is -1.11. The molecule has 4 nitrogen and oxygen atoms in total. The van der Waals surface area contributed by atoms with Crippen LogP contribution in [0, 0.1) is 11.6 Å². The molecule has 0 aliphatic heterocycles. The van der Waals surface area contributed by atoms with E-state index < -0.39 is 11.6 Å². The highest BCUT2D eigenvalue weighted by Crippen LogP contribution is 2.19. The number of nitrogens with one attached hydrogen (secondary N) is 1. The summed E-state index contributed by atoms with van der Waals surface area (Å²) in [5, 5.41) is 11.3. The van der Waals surface area contributed by atoms with Crippen molar-refractivity contribution in [1.82, 2.24) is 20.3 Å². The average molecular weight is 302 g/mol. The van der Waals surface area contributed by atoms with Gasteiger partial charge in [-0.2, -0.15) is 0 Å². The SMILES string of the molecule is C[C@@H](NCc1ccc2c(c1)nnn2C)c1ccc(F)cc1F. The predicted octanol–water partition coefficient (Wildman–Crippen LogP) is 3.10. The Balaban J connectivity index is 1.72. The van der Waals surface area contributed by atoms with E-state index in [1.165, 1.54) is 12.1 Å². The van der Waals surface area contributed by atoms with Gasteiger partial charge in [0.05, 0.1) is 5.52 Å². The fourth-order valence-corrected chi connectivity index (χ4v) is 2.43. The highest BCUT2D eigenvalue weighted by Gasteiger charge is 2.11. The van der Waals surface area contributed by atoms with Gasteiger partial charge in [-0.3, -0.25) is 0 Å². The third-order valence-corrected chi connectivity index (χ3v) is 3.72. The number of aryl methyl sites for hydroxylation is 1. The molecule has 0 unspecified atom stereocenters. The van der Waals surface area contributed by atoms with Crippen molar-refractivity contribution in [3.8, 4) is 0 Å². The quantitative estimate of drug-likeness (QED) is 0.805. The van der Waals surface area contributed by atoms with Crippen LogP contribution in [0.2, 0.25) is 0 Å². The van der Waals surface area contributed by atoms with Crippen molar-refractivity contribution in [2.75, 3.05) is 0 Å². The van der Waals surface area contributed by atoms with Gasteiger partial charge in [-0.15, -0.1) is 5.10 Å². The monoisotopic (exact) mass is 302 g/mol. The van der Waals surface area contributed by atoms with Crippen LogP contribution in [0.1, 0.15) is 24.1 Å². The zero-order valence-electron chi connectivity index (χ0n) is 12.3. The standard InChI is InChI=1S/C16H16F2N4/c1-10(13-5-4-12(17)8-14(13)18)19-9-11-3-6-16-15(7-11)20-21-22(16)2/h3-8,10,19H,9H2,1-2H3/t10-/m1/s1. The van der Waals surface area contributed by atoms with Crippen LogP contribution in [0.5, 0.6) is 0 Å². The molecule has 1 heterocycles. The number of aromatic nitrogens is 3. The number of halogens is 2. The topological polar surface area (TPSA) is 42.7 Å². The molecule has 0 spiro atoms. The van der Waals surface area contributed by atoms with E-state index in [-0.39, 0.29) is 6.04 Å². The van der Waals surface area contributed by atoms with Crippen molar-refractivity contribution in [1.29, 1.82) is 0 Å². The maximum absolute atomic E-state index is 13.7. The normalized spacial score (nSPS) is 12.7. The largest absolute Gasteiger partial charge is 0.306 e. The lowest BCUT2D eigenvalue weighted by atomic mass is 10.1. The van der Waals surface area contributed by atoms with Crippen LogP contribution < -0.4 is 5.32 Å². The van der Waals surface area contributed by atoms with Gasteiger partial charge in [0.25, 0.3) is 0 Å². The Bertz CT molecular complexity index is 813. The molecule has 1 aromatic heterocycles. The summed E-state index contributed by atoms with van der Waals surface area (Å²) in [5.41, 5.74) is 3.26. The molecule has 0 radical (unpaired) electrons. The summed E-state index contributed by atoms with van der Waals surface area (Å²) < 4.78 is 28.4. The number of hydrogen-bond acceptors (Lipinski definition) is 3. The molecule has 0 bridgehead atoms. The summed E-state index contributed by atoms with van der Waals surface area (Å²) in [6.45, 7) is 2.40. The fraction of sp³-hybridized carbons (Fsp3) is 0.250. The third-order valence-electron chi connectivity index (χ3n) is 3.72. The first-order valence-electron chi connectivity index (χ1n) is 7.01. The Labute approximate surface area is 126 Å². The summed E-state index contributed by atoms with van der Waals surface area (Å²) >= 11 is 0. The zero-order valence-corrected chi connectivity index (χ0v) is 12.3. The third kappa shape index (κ3) is 2.82. The Hall–Kier alpha value is -2.34. The lowest BCUT2D eigenvalue weighted by Gasteiger charge is -2.15. The first-order valence-corrected chi connectivity index (χ1v) is 7.01. The minimum atomic E-state index is -0.568. The smallest absolute Gasteiger partial charge is 0.130 e. The molecular weight excluding hydrogens is 286 g/mol. The van der Waals surface area contributed by atoms with Gasteiger partial charge >= 0.3 is 0 Å². The van der Waals surface area contributed by atoms with Crippen molar-refractivity contribution in [2.24, 2.45) is 7.05 Å². The van der Waals surface area contributed by atoms with E-state index in [1.54, 1.807) is 4.68 Å². The van der Waals surface area contributed by atoms with E-state index in [4.69, 9.17) is 0 Å². The number of benzene rings is 2. The minimum absolute atomic E-state index is 0.224. The van der Waals surface area contributed by atoms with Crippen molar-refractivity contribution < 1.29 is 8.78 Å². The second-order valence-electron chi connectivity index (χ2n) is 5.30. The molecule has 1 atom stereocenters. The van der Waals surface area contributed by atoms with Gasteiger partial charge in [-0.25, -0.2) is 13.5 Å². The van der Waals surface area contributed by atoms with Crippen LogP contribution in [0.15, 0.2) is 36.4 Å². The second kappa shape index (κ2) is 5.81. The summed E-state index contributed by atoms with van der Waals surface area (Å²) in [6.07, 6.45) is 0. The van der Waals surface area contributed by atoms with Crippen LogP contribution in [-0.2, 0) is 13.6 Å². The Morgan fingerprint density at radius 2 is 2.00 bits per heavy atom. The van der Waals surface area contributed by atoms with Crippen molar-refractivity contribution in [2.45, 2.75) is 19.5 Å². The van der Waals surface area contributed by atoms with E-state index in [1.807, 2.05) is 32.2 Å². The predicted molar refractivity (Wildman–Crippen MR) is 80.1 cm³/mol. The van der Waals surface area contributed by atoms with Crippen LogP contribution in [0.3, 0.4) is 0 Å². The molecule has 0 aliphatic rings.